The second-order valence-corrected chi connectivity index (χ2v) is 9.51. The minimum atomic E-state index is -0.628. The van der Waals surface area contributed by atoms with Crippen LogP contribution in [0.4, 0.5) is 11.4 Å². The summed E-state index contributed by atoms with van der Waals surface area (Å²) < 4.78 is 0. The lowest BCUT2D eigenvalue weighted by Crippen LogP contribution is -2.54. The SMILES string of the molecule is CC(=O)N1CCN(c2ccc([N+](=O)[O-])cc2/C=C2/C(=O)NC(=S)N(CCC3=CCCCC3)C2=O)CC1. The highest BCUT2D eigenvalue weighted by Gasteiger charge is 2.34. The molecule has 2 heterocycles. The lowest BCUT2D eigenvalue weighted by molar-refractivity contribution is -0.384. The molecular formula is C25H29N5O5S. The first-order valence-corrected chi connectivity index (χ1v) is 12.5. The number of nitro benzene ring substituents is 1. The van der Waals surface area contributed by atoms with E-state index >= 15 is 0 Å². The third-order valence-electron chi connectivity index (χ3n) is 6.81. The molecule has 0 spiro atoms. The number of anilines is 1. The molecule has 0 bridgehead atoms. The molecule has 2 aliphatic heterocycles. The number of carbonyl (C=O) groups is 3. The molecular weight excluding hydrogens is 482 g/mol. The number of nitrogens with zero attached hydrogens (tertiary/aromatic N) is 4. The minimum Gasteiger partial charge on any atom is -0.367 e. The molecule has 190 valence electrons. The average molecular weight is 512 g/mol. The first-order chi connectivity index (χ1) is 17.2. The van der Waals surface area contributed by atoms with Crippen LogP contribution < -0.4 is 10.2 Å². The van der Waals surface area contributed by atoms with E-state index in [4.69, 9.17) is 12.2 Å². The van der Waals surface area contributed by atoms with Crippen molar-refractivity contribution in [2.75, 3.05) is 37.6 Å². The number of carbonyl (C=O) groups excluding carboxylic acids is 3. The van der Waals surface area contributed by atoms with Gasteiger partial charge in [-0.15, -0.1) is 0 Å². The third-order valence-corrected chi connectivity index (χ3v) is 7.14. The second-order valence-electron chi connectivity index (χ2n) is 9.13. The molecule has 3 amide bonds. The van der Waals surface area contributed by atoms with E-state index in [-0.39, 0.29) is 22.3 Å². The molecule has 0 radical (unpaired) electrons. The number of thiocarbonyl (C=S) groups is 1. The van der Waals surface area contributed by atoms with Crippen LogP contribution in [0.1, 0.15) is 44.6 Å². The molecule has 1 aromatic carbocycles. The molecule has 2 saturated heterocycles. The number of allylic oxidation sites excluding steroid dienone is 1. The number of benzene rings is 1. The Morgan fingerprint density at radius 2 is 1.94 bits per heavy atom. The molecule has 2 fully saturated rings. The lowest BCUT2D eigenvalue weighted by Gasteiger charge is -2.36. The summed E-state index contributed by atoms with van der Waals surface area (Å²) in [5, 5.41) is 14.1. The Labute approximate surface area is 214 Å². The van der Waals surface area contributed by atoms with Gasteiger partial charge in [0.05, 0.1) is 4.92 Å². The first kappa shape index (κ1) is 25.5. The van der Waals surface area contributed by atoms with Gasteiger partial charge in [-0.25, -0.2) is 0 Å². The van der Waals surface area contributed by atoms with Crippen LogP contribution >= 0.6 is 12.2 Å². The maximum absolute atomic E-state index is 13.3. The summed E-state index contributed by atoms with van der Waals surface area (Å²) in [7, 11) is 0. The predicted octanol–water partition coefficient (Wildman–Crippen LogP) is 2.78. The van der Waals surface area contributed by atoms with Gasteiger partial charge in [0.25, 0.3) is 17.5 Å². The minimum absolute atomic E-state index is 0.00906. The number of hydrogen-bond donors (Lipinski definition) is 1. The molecule has 0 saturated carbocycles. The van der Waals surface area contributed by atoms with Gasteiger partial charge in [-0.3, -0.25) is 34.7 Å². The van der Waals surface area contributed by atoms with Crippen LogP contribution in [-0.2, 0) is 14.4 Å². The molecule has 36 heavy (non-hydrogen) atoms. The zero-order valence-corrected chi connectivity index (χ0v) is 21.0. The second kappa shape index (κ2) is 11.0. The van der Waals surface area contributed by atoms with Gasteiger partial charge >= 0.3 is 0 Å². The Kier molecular flexibility index (Phi) is 7.78. The summed E-state index contributed by atoms with van der Waals surface area (Å²) in [6.45, 7) is 3.96. The highest BCUT2D eigenvalue weighted by atomic mass is 32.1. The Hall–Kier alpha value is -3.60. The van der Waals surface area contributed by atoms with Crippen molar-refractivity contribution in [1.29, 1.82) is 0 Å². The monoisotopic (exact) mass is 511 g/mol. The molecule has 3 aliphatic rings. The fourth-order valence-corrected chi connectivity index (χ4v) is 5.03. The van der Waals surface area contributed by atoms with Gasteiger partial charge in [0.15, 0.2) is 5.11 Å². The predicted molar refractivity (Wildman–Crippen MR) is 139 cm³/mol. The lowest BCUT2D eigenvalue weighted by atomic mass is 9.97. The number of amides is 3. The van der Waals surface area contributed by atoms with Gasteiger partial charge in [0, 0.05) is 63.0 Å². The average Bonchev–Trinajstić information content (AvgIpc) is 2.87. The number of rotatable bonds is 6. The van der Waals surface area contributed by atoms with Crippen molar-refractivity contribution in [3.8, 4) is 0 Å². The standard InChI is InChI=1S/C25H29N5O5S/c1-17(31)27-11-13-28(14-12-27)22-8-7-20(30(34)35)15-19(22)16-21-23(32)26-25(36)29(24(21)33)10-9-18-5-3-2-4-6-18/h5,7-8,15-16H,2-4,6,9-14H2,1H3,(H,26,32,36)/b21-16-. The molecule has 10 nitrogen and oxygen atoms in total. The topological polar surface area (TPSA) is 116 Å². The Morgan fingerprint density at radius 3 is 2.58 bits per heavy atom. The van der Waals surface area contributed by atoms with E-state index in [0.717, 1.165) is 19.3 Å². The van der Waals surface area contributed by atoms with Gasteiger partial charge < -0.3 is 9.80 Å². The number of nitrogens with one attached hydrogen (secondary N) is 1. The number of hydrogen-bond acceptors (Lipinski definition) is 7. The van der Waals surface area contributed by atoms with Crippen molar-refractivity contribution < 1.29 is 19.3 Å². The van der Waals surface area contributed by atoms with E-state index in [1.807, 2.05) is 4.90 Å². The molecule has 0 unspecified atom stereocenters. The number of non-ortho nitro benzene ring substituents is 1. The van der Waals surface area contributed by atoms with Crippen LogP contribution in [0.15, 0.2) is 35.4 Å². The highest BCUT2D eigenvalue weighted by molar-refractivity contribution is 7.80. The van der Waals surface area contributed by atoms with Crippen LogP contribution in [0.25, 0.3) is 6.08 Å². The van der Waals surface area contributed by atoms with Gasteiger partial charge in [-0.1, -0.05) is 11.6 Å². The fraction of sp³-hybridized carbons (Fsp3) is 0.440. The first-order valence-electron chi connectivity index (χ1n) is 12.1. The van der Waals surface area contributed by atoms with Gasteiger partial charge in [-0.05, 0) is 56.5 Å². The molecule has 4 rings (SSSR count). The number of nitro groups is 1. The Bertz CT molecular complexity index is 1170. The van der Waals surface area contributed by atoms with Crippen molar-refractivity contribution in [1.82, 2.24) is 15.1 Å². The quantitative estimate of drug-likeness (QED) is 0.156. The van der Waals surface area contributed by atoms with Crippen LogP contribution in [0.2, 0.25) is 0 Å². The number of piperazine rings is 1. The fourth-order valence-electron chi connectivity index (χ4n) is 4.76. The van der Waals surface area contributed by atoms with Crippen LogP contribution in [0.5, 0.6) is 0 Å². The van der Waals surface area contributed by atoms with E-state index in [2.05, 4.69) is 11.4 Å². The summed E-state index contributed by atoms with van der Waals surface area (Å²) in [5.74, 6) is -1.15. The zero-order valence-electron chi connectivity index (χ0n) is 20.2. The maximum Gasteiger partial charge on any atom is 0.270 e. The highest BCUT2D eigenvalue weighted by Crippen LogP contribution is 2.30. The Balaban J connectivity index is 1.62. The van der Waals surface area contributed by atoms with Crippen LogP contribution in [0.3, 0.4) is 0 Å². The van der Waals surface area contributed by atoms with E-state index in [0.29, 0.717) is 50.4 Å². The molecule has 11 heteroatoms. The van der Waals surface area contributed by atoms with E-state index < -0.39 is 16.7 Å². The van der Waals surface area contributed by atoms with Crippen molar-refractivity contribution in [2.24, 2.45) is 0 Å². The van der Waals surface area contributed by atoms with Gasteiger partial charge in [0.1, 0.15) is 5.57 Å². The summed E-state index contributed by atoms with van der Waals surface area (Å²) in [6, 6.07) is 4.39. The van der Waals surface area contributed by atoms with E-state index in [9.17, 15) is 24.5 Å². The van der Waals surface area contributed by atoms with Gasteiger partial charge in [-0.2, -0.15) is 0 Å². The van der Waals surface area contributed by atoms with E-state index in [1.165, 1.54) is 42.0 Å². The van der Waals surface area contributed by atoms with Crippen LogP contribution in [-0.4, -0.2) is 70.3 Å². The molecule has 1 N–H and O–H groups in total. The summed E-state index contributed by atoms with van der Waals surface area (Å²) in [6.07, 6.45) is 8.62. The third kappa shape index (κ3) is 5.62. The largest absolute Gasteiger partial charge is 0.367 e. The Morgan fingerprint density at radius 1 is 1.19 bits per heavy atom. The maximum atomic E-state index is 13.3. The molecule has 1 aliphatic carbocycles. The summed E-state index contributed by atoms with van der Waals surface area (Å²) >= 11 is 5.28. The zero-order chi connectivity index (χ0) is 25.8. The van der Waals surface area contributed by atoms with Crippen molar-refractivity contribution in [2.45, 2.75) is 39.0 Å². The van der Waals surface area contributed by atoms with Crippen molar-refractivity contribution in [3.63, 3.8) is 0 Å². The van der Waals surface area contributed by atoms with E-state index in [1.54, 1.807) is 11.0 Å². The van der Waals surface area contributed by atoms with Gasteiger partial charge in [0.2, 0.25) is 5.91 Å². The van der Waals surface area contributed by atoms with Crippen molar-refractivity contribution >= 4 is 52.5 Å². The summed E-state index contributed by atoms with van der Waals surface area (Å²) in [4.78, 5) is 53.9. The normalized spacial score (nSPS) is 19.9. The smallest absolute Gasteiger partial charge is 0.270 e. The van der Waals surface area contributed by atoms with Crippen LogP contribution in [0, 0.1) is 10.1 Å². The van der Waals surface area contributed by atoms with Crippen molar-refractivity contribution in [3.05, 3.63) is 51.1 Å². The molecule has 0 aromatic heterocycles. The molecule has 1 aromatic rings. The summed E-state index contributed by atoms with van der Waals surface area (Å²) in [5.41, 5.74) is 2.06. The molecule has 0 atom stereocenters.